The molecule has 0 radical (unpaired) electrons. The summed E-state index contributed by atoms with van der Waals surface area (Å²) in [6, 6.07) is 6.40. The molecule has 0 fully saturated rings. The van der Waals surface area contributed by atoms with Gasteiger partial charge in [-0.15, -0.1) is 22.7 Å². The van der Waals surface area contributed by atoms with Gasteiger partial charge in [-0.1, -0.05) is 6.07 Å². The molecule has 5 rings (SSSR count). The lowest BCUT2D eigenvalue weighted by atomic mass is 9.95. The minimum absolute atomic E-state index is 0.249. The number of esters is 2. The van der Waals surface area contributed by atoms with Crippen molar-refractivity contribution in [2.75, 3.05) is 23.8 Å². The Kier molecular flexibility index (Phi) is 8.66. The molecule has 40 heavy (non-hydrogen) atoms. The number of aryl methyl sites for hydroxylation is 2. The standard InChI is InChI=1S/C30H32N2O6S2/c1-3-37-29(35)23-19-12-5-7-14-21(19)39-27(23)31-25(33)17-10-9-11-18(16-17)26(34)32-28-24(30(36)38-4-2)20-13-6-8-15-22(20)40-28/h9-11,16H,3-8,12-15H2,1-2H3,(H,31,33)(H,32,34). The van der Waals surface area contributed by atoms with Gasteiger partial charge < -0.3 is 20.1 Å². The summed E-state index contributed by atoms with van der Waals surface area (Å²) in [5.41, 5.74) is 3.38. The number of fused-ring (bicyclic) bond motifs is 2. The summed E-state index contributed by atoms with van der Waals surface area (Å²) in [6.45, 7) is 4.01. The minimum atomic E-state index is -0.429. The molecule has 0 atom stereocenters. The lowest BCUT2D eigenvalue weighted by Crippen LogP contribution is -2.18. The SMILES string of the molecule is CCOC(=O)c1c(NC(=O)c2cccc(C(=O)Nc3sc4c(c3C(=O)OCC)CCCC4)c2)sc2c1CCCC2. The molecule has 2 amide bonds. The topological polar surface area (TPSA) is 111 Å². The van der Waals surface area contributed by atoms with E-state index in [4.69, 9.17) is 9.47 Å². The molecule has 2 aromatic heterocycles. The smallest absolute Gasteiger partial charge is 0.341 e. The zero-order valence-corrected chi connectivity index (χ0v) is 24.3. The molecule has 2 N–H and O–H groups in total. The Balaban J connectivity index is 1.37. The van der Waals surface area contributed by atoms with Crippen molar-refractivity contribution in [3.63, 3.8) is 0 Å². The fourth-order valence-corrected chi connectivity index (χ4v) is 7.84. The Morgan fingerprint density at radius 3 is 1.55 bits per heavy atom. The van der Waals surface area contributed by atoms with Gasteiger partial charge in [-0.3, -0.25) is 9.59 Å². The van der Waals surface area contributed by atoms with Gasteiger partial charge in [0.05, 0.1) is 24.3 Å². The van der Waals surface area contributed by atoms with E-state index < -0.39 is 23.8 Å². The van der Waals surface area contributed by atoms with Crippen LogP contribution in [0.1, 0.15) is 102 Å². The number of hydrogen-bond acceptors (Lipinski definition) is 8. The number of anilines is 2. The summed E-state index contributed by atoms with van der Waals surface area (Å²) in [5, 5.41) is 6.76. The second kappa shape index (κ2) is 12.3. The Bertz CT molecular complexity index is 1370. The molecule has 210 valence electrons. The molecule has 8 nitrogen and oxygen atoms in total. The van der Waals surface area contributed by atoms with Crippen LogP contribution in [0.25, 0.3) is 0 Å². The fourth-order valence-electron chi connectivity index (χ4n) is 5.30. The van der Waals surface area contributed by atoms with Crippen LogP contribution < -0.4 is 10.6 Å². The number of benzene rings is 1. The van der Waals surface area contributed by atoms with Gasteiger partial charge in [0, 0.05) is 20.9 Å². The second-order valence-corrected chi connectivity index (χ2v) is 12.0. The van der Waals surface area contributed by atoms with Gasteiger partial charge in [-0.25, -0.2) is 9.59 Å². The highest BCUT2D eigenvalue weighted by molar-refractivity contribution is 7.17. The van der Waals surface area contributed by atoms with Crippen LogP contribution in [0, 0.1) is 0 Å². The first kappa shape index (κ1) is 28.0. The first-order valence-electron chi connectivity index (χ1n) is 13.8. The highest BCUT2D eigenvalue weighted by Gasteiger charge is 2.29. The molecule has 0 unspecified atom stereocenters. The van der Waals surface area contributed by atoms with E-state index in [9.17, 15) is 19.2 Å². The van der Waals surface area contributed by atoms with Crippen LogP contribution in [0.4, 0.5) is 10.0 Å². The van der Waals surface area contributed by atoms with Crippen molar-refractivity contribution in [1.82, 2.24) is 0 Å². The number of carbonyl (C=O) groups excluding carboxylic acids is 4. The fraction of sp³-hybridized carbons (Fsp3) is 0.400. The van der Waals surface area contributed by atoms with Gasteiger partial charge in [-0.05, 0) is 94.5 Å². The van der Waals surface area contributed by atoms with Crippen LogP contribution in [0.2, 0.25) is 0 Å². The number of ether oxygens (including phenoxy) is 2. The van der Waals surface area contributed by atoms with E-state index in [-0.39, 0.29) is 24.3 Å². The molecule has 0 spiro atoms. The predicted molar refractivity (Wildman–Crippen MR) is 156 cm³/mol. The average Bonchev–Trinajstić information content (AvgIpc) is 3.50. The Labute approximate surface area is 241 Å². The summed E-state index contributed by atoms with van der Waals surface area (Å²) < 4.78 is 10.6. The molecule has 0 bridgehead atoms. The molecular weight excluding hydrogens is 548 g/mol. The van der Waals surface area contributed by atoms with Gasteiger partial charge >= 0.3 is 11.9 Å². The van der Waals surface area contributed by atoms with Gasteiger partial charge in [-0.2, -0.15) is 0 Å². The summed E-state index contributed by atoms with van der Waals surface area (Å²) in [5.74, 6) is -1.70. The molecule has 2 heterocycles. The van der Waals surface area contributed by atoms with Gasteiger partial charge in [0.2, 0.25) is 0 Å². The van der Waals surface area contributed by atoms with Crippen LogP contribution in [-0.2, 0) is 35.2 Å². The molecule has 2 aliphatic rings. The maximum absolute atomic E-state index is 13.3. The molecule has 10 heteroatoms. The van der Waals surface area contributed by atoms with E-state index in [1.807, 2.05) is 0 Å². The second-order valence-electron chi connectivity index (χ2n) is 9.76. The minimum Gasteiger partial charge on any atom is -0.462 e. The normalized spacial score (nSPS) is 14.1. The van der Waals surface area contributed by atoms with Crippen LogP contribution in [-0.4, -0.2) is 37.0 Å². The van der Waals surface area contributed by atoms with Crippen LogP contribution in [0.3, 0.4) is 0 Å². The monoisotopic (exact) mass is 580 g/mol. The number of rotatable bonds is 8. The highest BCUT2D eigenvalue weighted by Crippen LogP contribution is 2.40. The van der Waals surface area contributed by atoms with E-state index in [0.29, 0.717) is 21.1 Å². The molecular formula is C30H32N2O6S2. The lowest BCUT2D eigenvalue weighted by molar-refractivity contribution is 0.0516. The summed E-state index contributed by atoms with van der Waals surface area (Å²) in [4.78, 5) is 54.3. The summed E-state index contributed by atoms with van der Waals surface area (Å²) in [6.07, 6.45) is 7.39. The first-order valence-corrected chi connectivity index (χ1v) is 15.4. The van der Waals surface area contributed by atoms with Gasteiger partial charge in [0.1, 0.15) is 10.0 Å². The zero-order chi connectivity index (χ0) is 28.2. The van der Waals surface area contributed by atoms with Crippen LogP contribution >= 0.6 is 22.7 Å². The van der Waals surface area contributed by atoms with E-state index in [2.05, 4.69) is 10.6 Å². The highest BCUT2D eigenvalue weighted by atomic mass is 32.1. The third-order valence-electron chi connectivity index (χ3n) is 7.14. The van der Waals surface area contributed by atoms with Crippen molar-refractivity contribution in [1.29, 1.82) is 0 Å². The molecule has 0 saturated heterocycles. The molecule has 0 aliphatic heterocycles. The Hall–Kier alpha value is -3.50. The van der Waals surface area contributed by atoms with E-state index in [1.54, 1.807) is 32.0 Å². The van der Waals surface area contributed by atoms with Crippen molar-refractivity contribution < 1.29 is 28.7 Å². The summed E-state index contributed by atoms with van der Waals surface area (Å²) in [7, 11) is 0. The van der Waals surface area contributed by atoms with E-state index in [0.717, 1.165) is 72.2 Å². The first-order chi connectivity index (χ1) is 19.4. The van der Waals surface area contributed by atoms with Gasteiger partial charge in [0.25, 0.3) is 11.8 Å². The number of carbonyl (C=O) groups is 4. The van der Waals surface area contributed by atoms with E-state index in [1.165, 1.54) is 28.7 Å². The maximum Gasteiger partial charge on any atom is 0.341 e. The number of amides is 2. The number of thiophene rings is 2. The number of hydrogen-bond donors (Lipinski definition) is 2. The summed E-state index contributed by atoms with van der Waals surface area (Å²) >= 11 is 2.84. The number of nitrogens with one attached hydrogen (secondary N) is 2. The molecule has 1 aromatic carbocycles. The third kappa shape index (κ3) is 5.69. The van der Waals surface area contributed by atoms with Crippen molar-refractivity contribution >= 4 is 56.4 Å². The largest absolute Gasteiger partial charge is 0.462 e. The Morgan fingerprint density at radius 2 is 1.12 bits per heavy atom. The van der Waals surface area contributed by atoms with Crippen molar-refractivity contribution in [2.24, 2.45) is 0 Å². The third-order valence-corrected chi connectivity index (χ3v) is 9.56. The quantitative estimate of drug-likeness (QED) is 0.297. The van der Waals surface area contributed by atoms with E-state index >= 15 is 0 Å². The molecule has 0 saturated carbocycles. The van der Waals surface area contributed by atoms with Crippen LogP contribution in [0.5, 0.6) is 0 Å². The van der Waals surface area contributed by atoms with Gasteiger partial charge in [0.15, 0.2) is 0 Å². The molecule has 2 aliphatic carbocycles. The predicted octanol–water partition coefficient (Wildman–Crippen LogP) is 6.43. The molecule has 3 aromatic rings. The lowest BCUT2D eigenvalue weighted by Gasteiger charge is -2.12. The maximum atomic E-state index is 13.3. The Morgan fingerprint density at radius 1 is 0.700 bits per heavy atom. The van der Waals surface area contributed by atoms with Crippen molar-refractivity contribution in [3.8, 4) is 0 Å². The van der Waals surface area contributed by atoms with Crippen LogP contribution in [0.15, 0.2) is 24.3 Å². The van der Waals surface area contributed by atoms with Crippen molar-refractivity contribution in [3.05, 3.63) is 67.4 Å². The van der Waals surface area contributed by atoms with Crippen molar-refractivity contribution in [2.45, 2.75) is 65.2 Å². The zero-order valence-electron chi connectivity index (χ0n) is 22.6. The average molecular weight is 581 g/mol.